The monoisotopic (exact) mass is 159 g/mol. The molecule has 0 spiro atoms. The zero-order valence-corrected chi connectivity index (χ0v) is 6.36. The predicted octanol–water partition coefficient (Wildman–Crippen LogP) is 1.74. The molecule has 2 rings (SSSR count). The molecule has 3 heteroatoms. The molecule has 2 heterocycles. The highest BCUT2D eigenvalue weighted by molar-refractivity contribution is 5.85. The number of hydrogen-bond acceptors (Lipinski definition) is 2. The molecule has 0 unspecified atom stereocenters. The molecule has 56 valence electrons. The summed E-state index contributed by atoms with van der Waals surface area (Å²) < 4.78 is 5.17. The predicted molar refractivity (Wildman–Crippen MR) is 41.3 cm³/mol. The van der Waals surface area contributed by atoms with Gasteiger partial charge in [-0.1, -0.05) is 0 Å². The van der Waals surface area contributed by atoms with Crippen LogP contribution in [0.5, 0.6) is 0 Å². The molecule has 0 aromatic carbocycles. The van der Waals surface area contributed by atoms with Gasteiger partial charge in [-0.15, -0.1) is 12.4 Å². The van der Waals surface area contributed by atoms with E-state index in [9.17, 15) is 0 Å². The number of hydrogen-bond donors (Lipinski definition) is 1. The number of furan rings is 1. The molecule has 0 aliphatic carbocycles. The van der Waals surface area contributed by atoms with E-state index in [4.69, 9.17) is 4.42 Å². The molecule has 0 amide bonds. The summed E-state index contributed by atoms with van der Waals surface area (Å²) >= 11 is 0. The van der Waals surface area contributed by atoms with Crippen molar-refractivity contribution in [2.24, 2.45) is 0 Å². The van der Waals surface area contributed by atoms with Crippen LogP contribution >= 0.6 is 12.4 Å². The molecule has 0 radical (unpaired) electrons. The van der Waals surface area contributed by atoms with Crippen molar-refractivity contribution < 1.29 is 4.42 Å². The molecule has 10 heavy (non-hydrogen) atoms. The van der Waals surface area contributed by atoms with Gasteiger partial charge in [0.2, 0.25) is 0 Å². The average molecular weight is 160 g/mol. The third-order valence-electron chi connectivity index (χ3n) is 1.71. The van der Waals surface area contributed by atoms with Crippen molar-refractivity contribution in [3.05, 3.63) is 24.2 Å². The smallest absolute Gasteiger partial charge is 0.120 e. The van der Waals surface area contributed by atoms with Crippen molar-refractivity contribution in [3.8, 4) is 0 Å². The Bertz CT molecular complexity index is 181. The molecule has 1 atom stereocenters. The van der Waals surface area contributed by atoms with Gasteiger partial charge < -0.3 is 9.73 Å². The third kappa shape index (κ3) is 1.18. The van der Waals surface area contributed by atoms with Crippen molar-refractivity contribution in [1.29, 1.82) is 0 Å². The minimum absolute atomic E-state index is 0. The van der Waals surface area contributed by atoms with Gasteiger partial charge in [0.25, 0.3) is 0 Å². The lowest BCUT2D eigenvalue weighted by molar-refractivity contribution is 0.319. The third-order valence-corrected chi connectivity index (χ3v) is 1.71. The highest BCUT2D eigenvalue weighted by Gasteiger charge is 2.19. The second kappa shape index (κ2) is 3.08. The van der Waals surface area contributed by atoms with Gasteiger partial charge in [-0.3, -0.25) is 0 Å². The van der Waals surface area contributed by atoms with E-state index in [2.05, 4.69) is 5.32 Å². The zero-order valence-electron chi connectivity index (χ0n) is 5.54. The summed E-state index contributed by atoms with van der Waals surface area (Å²) in [5.41, 5.74) is 0. The molecule has 1 aliphatic rings. The lowest BCUT2D eigenvalue weighted by Crippen LogP contribution is -2.34. The SMILES string of the molecule is Cl.c1coc([C@H]2CCN2)c1. The van der Waals surface area contributed by atoms with Crippen LogP contribution in [0.2, 0.25) is 0 Å². The number of halogens is 1. The summed E-state index contributed by atoms with van der Waals surface area (Å²) in [4.78, 5) is 0. The first-order valence-corrected chi connectivity index (χ1v) is 3.23. The van der Waals surface area contributed by atoms with Crippen LogP contribution in [0.15, 0.2) is 22.8 Å². The van der Waals surface area contributed by atoms with Crippen LogP contribution in [0.3, 0.4) is 0 Å². The summed E-state index contributed by atoms with van der Waals surface area (Å²) in [6.45, 7) is 1.13. The Morgan fingerprint density at radius 1 is 1.60 bits per heavy atom. The van der Waals surface area contributed by atoms with Gasteiger partial charge in [0, 0.05) is 0 Å². The fraction of sp³-hybridized carbons (Fsp3) is 0.429. The van der Waals surface area contributed by atoms with E-state index in [1.807, 2.05) is 12.1 Å². The van der Waals surface area contributed by atoms with E-state index in [0.29, 0.717) is 6.04 Å². The Balaban J connectivity index is 0.000000500. The molecule has 1 aromatic rings. The zero-order chi connectivity index (χ0) is 6.10. The maximum absolute atomic E-state index is 5.17. The Kier molecular flexibility index (Phi) is 2.35. The van der Waals surface area contributed by atoms with Gasteiger partial charge in [-0.05, 0) is 25.1 Å². The molecule has 1 aromatic heterocycles. The number of nitrogens with one attached hydrogen (secondary N) is 1. The summed E-state index contributed by atoms with van der Waals surface area (Å²) in [6, 6.07) is 4.44. The fourth-order valence-electron chi connectivity index (χ4n) is 1.02. The normalized spacial score (nSPS) is 23.0. The molecular weight excluding hydrogens is 150 g/mol. The van der Waals surface area contributed by atoms with Crippen LogP contribution in [-0.2, 0) is 0 Å². The van der Waals surface area contributed by atoms with Crippen LogP contribution in [0.1, 0.15) is 18.2 Å². The first-order chi connectivity index (χ1) is 4.47. The Labute approximate surface area is 66.0 Å². The summed E-state index contributed by atoms with van der Waals surface area (Å²) in [7, 11) is 0. The van der Waals surface area contributed by atoms with E-state index in [-0.39, 0.29) is 12.4 Å². The van der Waals surface area contributed by atoms with Gasteiger partial charge in [-0.2, -0.15) is 0 Å². The van der Waals surface area contributed by atoms with E-state index in [1.54, 1.807) is 6.26 Å². The molecule has 1 fully saturated rings. The van der Waals surface area contributed by atoms with Crippen molar-refractivity contribution in [1.82, 2.24) is 5.32 Å². The van der Waals surface area contributed by atoms with Crippen molar-refractivity contribution >= 4 is 12.4 Å². The van der Waals surface area contributed by atoms with Crippen LogP contribution < -0.4 is 5.32 Å². The van der Waals surface area contributed by atoms with Gasteiger partial charge >= 0.3 is 0 Å². The fourth-order valence-corrected chi connectivity index (χ4v) is 1.02. The quantitative estimate of drug-likeness (QED) is 0.675. The van der Waals surface area contributed by atoms with E-state index in [0.717, 1.165) is 12.3 Å². The Morgan fingerprint density at radius 3 is 2.80 bits per heavy atom. The Hall–Kier alpha value is -0.470. The largest absolute Gasteiger partial charge is 0.468 e. The highest BCUT2D eigenvalue weighted by atomic mass is 35.5. The first kappa shape index (κ1) is 7.63. The topological polar surface area (TPSA) is 25.2 Å². The second-order valence-electron chi connectivity index (χ2n) is 2.31. The van der Waals surface area contributed by atoms with E-state index in [1.165, 1.54) is 6.42 Å². The average Bonchev–Trinajstić information content (AvgIpc) is 2.11. The van der Waals surface area contributed by atoms with Crippen molar-refractivity contribution in [2.45, 2.75) is 12.5 Å². The van der Waals surface area contributed by atoms with Crippen LogP contribution in [0, 0.1) is 0 Å². The van der Waals surface area contributed by atoms with Gasteiger partial charge in [0.1, 0.15) is 5.76 Å². The van der Waals surface area contributed by atoms with Crippen LogP contribution in [0.4, 0.5) is 0 Å². The standard InChI is InChI=1S/C7H9NO.ClH/c1-2-7(9-5-1)6-3-4-8-6;/h1-2,5-6,8H,3-4H2;1H/t6-;/m1./s1. The summed E-state index contributed by atoms with van der Waals surface area (Å²) in [5, 5.41) is 3.25. The second-order valence-corrected chi connectivity index (χ2v) is 2.31. The lowest BCUT2D eigenvalue weighted by Gasteiger charge is -2.25. The lowest BCUT2D eigenvalue weighted by atomic mass is 10.1. The summed E-state index contributed by atoms with van der Waals surface area (Å²) in [5.74, 6) is 1.07. The molecule has 1 N–H and O–H groups in total. The maximum atomic E-state index is 5.17. The Morgan fingerprint density at radius 2 is 2.40 bits per heavy atom. The van der Waals surface area contributed by atoms with Crippen LogP contribution in [0.25, 0.3) is 0 Å². The van der Waals surface area contributed by atoms with Crippen LogP contribution in [-0.4, -0.2) is 6.54 Å². The van der Waals surface area contributed by atoms with Crippen molar-refractivity contribution in [3.63, 3.8) is 0 Å². The van der Waals surface area contributed by atoms with Gasteiger partial charge in [-0.25, -0.2) is 0 Å². The number of rotatable bonds is 1. The minimum atomic E-state index is 0. The highest BCUT2D eigenvalue weighted by Crippen LogP contribution is 2.22. The molecular formula is C7H10ClNO. The molecule has 0 saturated carbocycles. The summed E-state index contributed by atoms with van der Waals surface area (Å²) in [6.07, 6.45) is 2.93. The van der Waals surface area contributed by atoms with Gasteiger partial charge in [0.05, 0.1) is 12.3 Å². The molecule has 0 bridgehead atoms. The minimum Gasteiger partial charge on any atom is -0.468 e. The molecule has 1 saturated heterocycles. The van der Waals surface area contributed by atoms with Crippen molar-refractivity contribution in [2.75, 3.05) is 6.54 Å². The molecule has 1 aliphatic heterocycles. The van der Waals surface area contributed by atoms with E-state index < -0.39 is 0 Å². The van der Waals surface area contributed by atoms with E-state index >= 15 is 0 Å². The van der Waals surface area contributed by atoms with Gasteiger partial charge in [0.15, 0.2) is 0 Å². The first-order valence-electron chi connectivity index (χ1n) is 3.23. The maximum Gasteiger partial charge on any atom is 0.120 e. The molecule has 2 nitrogen and oxygen atoms in total.